The third kappa shape index (κ3) is 31.3. The quantitative estimate of drug-likeness (QED) is 0.219. The fraction of sp³-hybridized carbons (Fsp3) is 0.667. The minimum absolute atomic E-state index is 0. The van der Waals surface area contributed by atoms with E-state index in [4.69, 9.17) is 10.8 Å². The van der Waals surface area contributed by atoms with Gasteiger partial charge in [-0.3, -0.25) is 0 Å². The van der Waals surface area contributed by atoms with Crippen LogP contribution in [0.5, 0.6) is 0 Å². The van der Waals surface area contributed by atoms with Crippen molar-refractivity contribution in [2.24, 2.45) is 5.73 Å². The SMILES string of the molecule is NCCS.[CH-]1NCCS1.[CH2-]O.[K+].[K+]. The maximum atomic E-state index is 6.75. The number of hydrogen-bond donors (Lipinski definition) is 4. The minimum atomic E-state index is 0. The van der Waals surface area contributed by atoms with Gasteiger partial charge in [-0.25, -0.2) is 13.0 Å². The zero-order valence-electron chi connectivity index (χ0n) is 8.49. The summed E-state index contributed by atoms with van der Waals surface area (Å²) in [6.45, 7) is 1.84. The monoisotopic (exact) mass is 274 g/mol. The molecule has 3 nitrogen and oxygen atoms in total. The number of hydrogen-bond acceptors (Lipinski definition) is 5. The fourth-order valence-electron chi connectivity index (χ4n) is 0.295. The average Bonchev–Trinajstić information content (AvgIpc) is 2.65. The van der Waals surface area contributed by atoms with E-state index in [1.54, 1.807) is 0 Å². The Balaban J connectivity index is -0.0000000472. The molecule has 1 fully saturated rings. The first-order chi connectivity index (χ1) is 5.41. The molecule has 1 aliphatic rings. The Morgan fingerprint density at radius 2 is 2.00 bits per heavy atom. The molecule has 0 saturated carbocycles. The van der Waals surface area contributed by atoms with Crippen molar-refractivity contribution in [2.75, 3.05) is 24.6 Å². The summed E-state index contributed by atoms with van der Waals surface area (Å²) in [5.74, 6) is 4.07. The number of nitrogens with one attached hydrogen (secondary N) is 1. The van der Waals surface area contributed by atoms with Gasteiger partial charge in [0.05, 0.1) is 0 Å². The maximum Gasteiger partial charge on any atom is 1.00 e. The summed E-state index contributed by atoms with van der Waals surface area (Å²) >= 11 is 5.63. The second-order valence-electron chi connectivity index (χ2n) is 1.46. The van der Waals surface area contributed by atoms with Gasteiger partial charge in [-0.15, -0.1) is 0 Å². The summed E-state index contributed by atoms with van der Waals surface area (Å²) in [7, 11) is 2.25. The zero-order valence-corrected chi connectivity index (χ0v) is 16.5. The van der Waals surface area contributed by atoms with Crippen molar-refractivity contribution in [1.82, 2.24) is 5.32 Å². The molecule has 1 aliphatic heterocycles. The number of aliphatic hydroxyl groups is 1. The topological polar surface area (TPSA) is 58.3 Å². The average molecular weight is 275 g/mol. The van der Waals surface area contributed by atoms with E-state index in [2.05, 4.69) is 25.1 Å². The molecule has 0 aromatic rings. The van der Waals surface area contributed by atoms with Gasteiger partial charge in [0.2, 0.25) is 0 Å². The Morgan fingerprint density at radius 3 is 2.08 bits per heavy atom. The Labute approximate surface area is 176 Å². The normalized spacial score (nSPS) is 12.0. The van der Waals surface area contributed by atoms with Crippen LogP contribution in [0.25, 0.3) is 0 Å². The molecule has 4 N–H and O–H groups in total. The van der Waals surface area contributed by atoms with Gasteiger partial charge in [0, 0.05) is 12.3 Å². The van der Waals surface area contributed by atoms with Gasteiger partial charge >= 0.3 is 103 Å². The van der Waals surface area contributed by atoms with Crippen molar-refractivity contribution >= 4 is 24.4 Å². The third-order valence-electron chi connectivity index (χ3n) is 0.660. The molecule has 0 amide bonds. The van der Waals surface area contributed by atoms with Gasteiger partial charge in [-0.2, -0.15) is 12.6 Å². The van der Waals surface area contributed by atoms with Crippen LogP contribution in [0.4, 0.5) is 0 Å². The predicted octanol–water partition coefficient (Wildman–Crippen LogP) is -5.52. The summed E-state index contributed by atoms with van der Waals surface area (Å²) in [6.07, 6.45) is 0. The molecule has 70 valence electrons. The second-order valence-corrected chi connectivity index (χ2v) is 2.88. The molecule has 0 aliphatic carbocycles. The molecule has 0 aromatic heterocycles. The summed E-state index contributed by atoms with van der Waals surface area (Å²) in [5, 5.41) is 9.81. The van der Waals surface area contributed by atoms with Crippen LogP contribution in [0.1, 0.15) is 0 Å². The smallest absolute Gasteiger partial charge is 0.569 e. The van der Waals surface area contributed by atoms with Gasteiger partial charge in [0.25, 0.3) is 0 Å². The molecule has 1 saturated heterocycles. The predicted molar refractivity (Wildman–Crippen MR) is 55.0 cm³/mol. The van der Waals surface area contributed by atoms with Crippen LogP contribution >= 0.6 is 24.4 Å². The second kappa shape index (κ2) is 29.7. The first kappa shape index (κ1) is 25.6. The van der Waals surface area contributed by atoms with Crippen LogP contribution in [0.3, 0.4) is 0 Å². The Hall–Kier alpha value is 3.85. The third-order valence-corrected chi connectivity index (χ3v) is 1.69. The van der Waals surface area contributed by atoms with Gasteiger partial charge in [0.1, 0.15) is 0 Å². The minimum Gasteiger partial charge on any atom is -0.569 e. The molecule has 0 radical (unpaired) electrons. The van der Waals surface area contributed by atoms with Gasteiger partial charge < -0.3 is 27.9 Å². The summed E-state index contributed by atoms with van der Waals surface area (Å²) < 4.78 is 0. The number of thiol groups is 1. The van der Waals surface area contributed by atoms with Crippen molar-refractivity contribution in [3.05, 3.63) is 13.0 Å². The first-order valence-corrected chi connectivity index (χ1v) is 4.89. The number of rotatable bonds is 1. The van der Waals surface area contributed by atoms with Crippen LogP contribution in [0.15, 0.2) is 0 Å². The van der Waals surface area contributed by atoms with Crippen molar-refractivity contribution in [2.45, 2.75) is 0 Å². The number of aliphatic hydroxyl groups excluding tert-OH is 1. The van der Waals surface area contributed by atoms with Crippen molar-refractivity contribution in [3.8, 4) is 0 Å². The molecule has 0 aromatic carbocycles. The molecule has 7 heteroatoms. The van der Waals surface area contributed by atoms with Crippen LogP contribution < -0.4 is 114 Å². The van der Waals surface area contributed by atoms with Crippen LogP contribution in [-0.2, 0) is 0 Å². The van der Waals surface area contributed by atoms with Crippen LogP contribution in [0, 0.1) is 13.0 Å². The van der Waals surface area contributed by atoms with E-state index in [1.807, 2.05) is 17.6 Å². The number of nitrogens with two attached hydrogens (primary N) is 1. The summed E-state index contributed by atoms with van der Waals surface area (Å²) in [4.78, 5) is 0. The van der Waals surface area contributed by atoms with E-state index in [9.17, 15) is 0 Å². The van der Waals surface area contributed by atoms with E-state index >= 15 is 0 Å². The number of thioether (sulfide) groups is 1. The molecular weight excluding hydrogens is 258 g/mol. The maximum absolute atomic E-state index is 6.75. The fourth-order valence-corrected chi connectivity index (χ4v) is 0.884. The van der Waals surface area contributed by atoms with E-state index < -0.39 is 0 Å². The van der Waals surface area contributed by atoms with Crippen molar-refractivity contribution < 1.29 is 108 Å². The largest absolute Gasteiger partial charge is 1.00 e. The molecule has 0 unspecified atom stereocenters. The van der Waals surface area contributed by atoms with Crippen molar-refractivity contribution in [3.63, 3.8) is 0 Å². The van der Waals surface area contributed by atoms with Crippen LogP contribution in [0.2, 0.25) is 0 Å². The zero-order chi connectivity index (χ0) is 8.95. The van der Waals surface area contributed by atoms with E-state index in [0.717, 1.165) is 12.3 Å². The molecule has 0 spiro atoms. The van der Waals surface area contributed by atoms with Crippen LogP contribution in [-0.4, -0.2) is 29.7 Å². The van der Waals surface area contributed by atoms with E-state index in [0.29, 0.717) is 6.54 Å². The summed E-state index contributed by atoms with van der Waals surface area (Å²) in [6, 6.07) is 0. The summed E-state index contributed by atoms with van der Waals surface area (Å²) in [5.41, 5.74) is 4.95. The molecule has 1 rings (SSSR count). The molecule has 1 heterocycles. The molecule has 0 bridgehead atoms. The standard InChI is InChI=1S/C3H6NS.C2H7NS.CH3O.2K/c1-2-5-3-4-1;3-1-2-4;1-2;;/h3-4H,1-2H2;4H,1-3H2;2H,1H2;;/q-1;;-1;2*+1. The Bertz CT molecular complexity index is 52.3. The Morgan fingerprint density at radius 1 is 1.54 bits per heavy atom. The molecule has 0 atom stereocenters. The molecular formula is C6H16K2N2OS2. The Kier molecular flexibility index (Phi) is 58.6. The van der Waals surface area contributed by atoms with Gasteiger partial charge in [0.15, 0.2) is 0 Å². The molecule has 13 heavy (non-hydrogen) atoms. The van der Waals surface area contributed by atoms with Crippen molar-refractivity contribution in [1.29, 1.82) is 0 Å². The van der Waals surface area contributed by atoms with Gasteiger partial charge in [-0.05, 0) is 12.3 Å². The van der Waals surface area contributed by atoms with Gasteiger partial charge in [-0.1, -0.05) is 0 Å². The first-order valence-electron chi connectivity index (χ1n) is 3.21. The van der Waals surface area contributed by atoms with E-state index in [1.165, 1.54) is 5.75 Å². The van der Waals surface area contributed by atoms with E-state index in [-0.39, 0.29) is 103 Å².